The van der Waals surface area contributed by atoms with Crippen LogP contribution in [0.5, 0.6) is 0 Å². The van der Waals surface area contributed by atoms with E-state index in [1.54, 1.807) is 0 Å². The monoisotopic (exact) mass is 530 g/mol. The molecule has 0 spiro atoms. The van der Waals surface area contributed by atoms with E-state index in [0.29, 0.717) is 0 Å². The van der Waals surface area contributed by atoms with Crippen molar-refractivity contribution in [1.29, 1.82) is 0 Å². The van der Waals surface area contributed by atoms with Gasteiger partial charge in [0, 0.05) is 0 Å². The van der Waals surface area contributed by atoms with Crippen LogP contribution in [0.4, 0.5) is 0 Å². The molecule has 0 aromatic heterocycles. The second kappa shape index (κ2) is 7.49. The van der Waals surface area contributed by atoms with Crippen molar-refractivity contribution in [2.75, 3.05) is 0 Å². The van der Waals surface area contributed by atoms with Gasteiger partial charge in [0.2, 0.25) is 0 Å². The summed E-state index contributed by atoms with van der Waals surface area (Å²) in [4.78, 5) is 2.60. The maximum atomic E-state index is 2.60. The molecule has 0 aliphatic carbocycles. The van der Waals surface area contributed by atoms with Crippen LogP contribution in [0, 0.1) is 0 Å². The van der Waals surface area contributed by atoms with Gasteiger partial charge in [0.05, 0.1) is 0 Å². The molecule has 158 valence electrons. The quantitative estimate of drug-likeness (QED) is 0.295. The SMILES string of the molecule is C[Te](c1ccccc1)(c1ccccc1)(c1ccccc1)(c1ccccc1)c1ccccc1. The van der Waals surface area contributed by atoms with E-state index in [9.17, 15) is 0 Å². The molecule has 32 heavy (non-hydrogen) atoms. The molecule has 0 aliphatic rings. The average Bonchev–Trinajstić information content (AvgIpc) is 2.91. The molecule has 0 saturated carbocycles. The van der Waals surface area contributed by atoms with Crippen molar-refractivity contribution in [1.82, 2.24) is 0 Å². The Hall–Kier alpha value is -3.11. The molecule has 5 aromatic carbocycles. The summed E-state index contributed by atoms with van der Waals surface area (Å²) < 4.78 is 6.96. The number of hydrogen-bond donors (Lipinski definition) is 0. The average molecular weight is 528 g/mol. The van der Waals surface area contributed by atoms with Gasteiger partial charge < -0.3 is 0 Å². The van der Waals surface area contributed by atoms with Crippen LogP contribution in [0.2, 0.25) is 4.97 Å². The molecule has 0 saturated heterocycles. The molecule has 0 fully saturated rings. The summed E-state index contributed by atoms with van der Waals surface area (Å²) in [6, 6.07) is 56.1. The van der Waals surface area contributed by atoms with Gasteiger partial charge in [0.25, 0.3) is 0 Å². The second-order valence-electron chi connectivity index (χ2n) is 8.61. The molecule has 0 N–H and O–H groups in total. The molecule has 5 rings (SSSR count). The van der Waals surface area contributed by atoms with Gasteiger partial charge in [-0.2, -0.15) is 0 Å². The molecule has 5 aromatic rings. The molecule has 0 heterocycles. The van der Waals surface area contributed by atoms with E-state index in [1.165, 1.54) is 18.1 Å². The predicted octanol–water partition coefficient (Wildman–Crippen LogP) is 4.51. The molecular formula is C31H28Te. The predicted molar refractivity (Wildman–Crippen MR) is 142 cm³/mol. The Morgan fingerprint density at radius 3 is 0.594 bits per heavy atom. The van der Waals surface area contributed by atoms with Crippen LogP contribution in [0.1, 0.15) is 0 Å². The normalized spacial score (nSPS) is 13.7. The zero-order valence-electron chi connectivity index (χ0n) is 18.3. The topological polar surface area (TPSA) is 0 Å². The molecule has 1 heteroatoms. The Balaban J connectivity index is 2.23. The first kappa shape index (κ1) is 20.8. The Labute approximate surface area is 189 Å². The summed E-state index contributed by atoms with van der Waals surface area (Å²) in [5, 5.41) is 0. The Bertz CT molecular complexity index is 1070. The summed E-state index contributed by atoms with van der Waals surface area (Å²) in [6.45, 7) is 0. The minimum atomic E-state index is -5.01. The van der Waals surface area contributed by atoms with Gasteiger partial charge in [-0.3, -0.25) is 0 Å². The Morgan fingerprint density at radius 1 is 0.281 bits per heavy atom. The first-order valence-corrected chi connectivity index (χ1v) is 19.1. The van der Waals surface area contributed by atoms with Crippen LogP contribution in [0.3, 0.4) is 0 Å². The van der Waals surface area contributed by atoms with Crippen molar-refractivity contribution in [3.05, 3.63) is 152 Å². The minimum absolute atomic E-state index is 1.39. The fraction of sp³-hybridized carbons (Fsp3) is 0.0323. The van der Waals surface area contributed by atoms with Gasteiger partial charge in [0.15, 0.2) is 0 Å². The molecule has 0 unspecified atom stereocenters. The molecule has 0 nitrogen and oxygen atoms in total. The first-order chi connectivity index (χ1) is 15.7. The van der Waals surface area contributed by atoms with E-state index in [0.717, 1.165) is 0 Å². The standard InChI is InChI=1S/C31H28Te/c1-32(27-17-7-2-8-18-27,28-19-9-3-10-20-28,29-21-11-4-12-22-29,30-23-13-5-14-24-30)31-25-15-6-16-26-31/h2-26H,1H3. The summed E-state index contributed by atoms with van der Waals surface area (Å²) in [6.07, 6.45) is 0. The van der Waals surface area contributed by atoms with Crippen LogP contribution < -0.4 is 18.1 Å². The molecule has 0 bridgehead atoms. The third kappa shape index (κ3) is 2.39. The van der Waals surface area contributed by atoms with Gasteiger partial charge in [-0.15, -0.1) is 0 Å². The van der Waals surface area contributed by atoms with Gasteiger partial charge in [0.1, 0.15) is 0 Å². The Morgan fingerprint density at radius 2 is 0.438 bits per heavy atom. The summed E-state index contributed by atoms with van der Waals surface area (Å²) in [7, 11) is 0. The first-order valence-electron chi connectivity index (χ1n) is 11.0. The molecule has 0 radical (unpaired) electrons. The second-order valence-corrected chi connectivity index (χ2v) is 27.0. The fourth-order valence-electron chi connectivity index (χ4n) is 5.50. The zero-order chi connectivity index (χ0) is 22.0. The number of rotatable bonds is 5. The van der Waals surface area contributed by atoms with Gasteiger partial charge in [-0.05, 0) is 0 Å². The van der Waals surface area contributed by atoms with E-state index >= 15 is 0 Å². The van der Waals surface area contributed by atoms with Gasteiger partial charge in [-0.1, -0.05) is 0 Å². The van der Waals surface area contributed by atoms with Crippen molar-refractivity contribution < 1.29 is 0 Å². The summed E-state index contributed by atoms with van der Waals surface area (Å²) >= 11 is -5.01. The van der Waals surface area contributed by atoms with Crippen LogP contribution in [-0.4, -0.2) is 15.4 Å². The molecule has 0 atom stereocenters. The van der Waals surface area contributed by atoms with E-state index in [2.05, 4.69) is 157 Å². The van der Waals surface area contributed by atoms with E-state index in [4.69, 9.17) is 0 Å². The van der Waals surface area contributed by atoms with Crippen LogP contribution >= 0.6 is 0 Å². The summed E-state index contributed by atoms with van der Waals surface area (Å²) in [5.74, 6) is 0. The van der Waals surface area contributed by atoms with Crippen LogP contribution in [0.15, 0.2) is 152 Å². The van der Waals surface area contributed by atoms with Crippen LogP contribution in [-0.2, 0) is 0 Å². The molecular weight excluding hydrogens is 500 g/mol. The third-order valence-corrected chi connectivity index (χ3v) is 31.3. The van der Waals surface area contributed by atoms with E-state index in [-0.39, 0.29) is 0 Å². The zero-order valence-corrected chi connectivity index (χ0v) is 20.7. The van der Waals surface area contributed by atoms with Crippen molar-refractivity contribution in [3.63, 3.8) is 0 Å². The molecule has 0 amide bonds. The molecule has 0 aliphatic heterocycles. The van der Waals surface area contributed by atoms with Gasteiger partial charge >= 0.3 is 190 Å². The van der Waals surface area contributed by atoms with Crippen molar-refractivity contribution in [2.24, 2.45) is 0 Å². The van der Waals surface area contributed by atoms with Crippen LogP contribution in [0.25, 0.3) is 0 Å². The Kier molecular flexibility index (Phi) is 4.86. The van der Waals surface area contributed by atoms with Crippen molar-refractivity contribution >= 4 is 33.5 Å². The van der Waals surface area contributed by atoms with Crippen molar-refractivity contribution in [2.45, 2.75) is 4.97 Å². The van der Waals surface area contributed by atoms with E-state index in [1.807, 2.05) is 0 Å². The third-order valence-electron chi connectivity index (χ3n) is 7.25. The van der Waals surface area contributed by atoms with Crippen molar-refractivity contribution in [3.8, 4) is 0 Å². The number of hydrogen-bond acceptors (Lipinski definition) is 0. The number of benzene rings is 5. The summed E-state index contributed by atoms with van der Waals surface area (Å²) in [5.41, 5.74) is 0. The maximum absolute atomic E-state index is 5.01. The van der Waals surface area contributed by atoms with Gasteiger partial charge in [-0.25, -0.2) is 0 Å². The van der Waals surface area contributed by atoms with E-state index < -0.39 is 15.4 Å². The fourth-order valence-corrected chi connectivity index (χ4v) is 27.2.